The monoisotopic (exact) mass is 209 g/mol. The summed E-state index contributed by atoms with van der Waals surface area (Å²) < 4.78 is 5.79. The second-order valence-electron chi connectivity index (χ2n) is 4.06. The molecule has 0 unspecified atom stereocenters. The lowest BCUT2D eigenvalue weighted by atomic mass is 9.98. The largest absolute Gasteiger partial charge is 0.377 e. The molecule has 2 nitrogen and oxygen atoms in total. The Balaban J connectivity index is 1.85. The van der Waals surface area contributed by atoms with Gasteiger partial charge in [0.05, 0.1) is 12.7 Å². The summed E-state index contributed by atoms with van der Waals surface area (Å²) in [7, 11) is 0. The Hall–Kier alpha value is -0.520. The van der Waals surface area contributed by atoms with Crippen LogP contribution in [0.15, 0.2) is 0 Å². The van der Waals surface area contributed by atoms with Crippen LogP contribution in [0.4, 0.5) is 0 Å². The van der Waals surface area contributed by atoms with Crippen molar-refractivity contribution >= 4 is 0 Å². The zero-order chi connectivity index (χ0) is 10.8. The minimum Gasteiger partial charge on any atom is -0.377 e. The summed E-state index contributed by atoms with van der Waals surface area (Å²) in [6.07, 6.45) is 8.11. The smallest absolute Gasteiger partial charge is 0.0594 e. The maximum absolute atomic E-state index is 5.79. The third kappa shape index (κ3) is 6.54. The first-order chi connectivity index (χ1) is 7.43. The van der Waals surface area contributed by atoms with E-state index in [9.17, 15) is 0 Å². The van der Waals surface area contributed by atoms with Crippen LogP contribution in [0.2, 0.25) is 0 Å². The standard InChI is InChI=1S/C13H23NO/c1-2-3-7-10-14-11-12-15-13-8-5-4-6-9-13/h13-14H,4-12H2,1H3. The Morgan fingerprint density at radius 3 is 2.73 bits per heavy atom. The van der Waals surface area contributed by atoms with Crippen LogP contribution in [0.5, 0.6) is 0 Å². The van der Waals surface area contributed by atoms with Gasteiger partial charge < -0.3 is 10.1 Å². The molecule has 1 N–H and O–H groups in total. The second-order valence-corrected chi connectivity index (χ2v) is 4.06. The number of nitrogens with one attached hydrogen (secondary N) is 1. The van der Waals surface area contributed by atoms with E-state index >= 15 is 0 Å². The van der Waals surface area contributed by atoms with Gasteiger partial charge in [0.2, 0.25) is 0 Å². The molecular weight excluding hydrogens is 186 g/mol. The Morgan fingerprint density at radius 1 is 1.20 bits per heavy atom. The van der Waals surface area contributed by atoms with E-state index in [-0.39, 0.29) is 0 Å². The maximum atomic E-state index is 5.79. The van der Waals surface area contributed by atoms with Gasteiger partial charge in [0.1, 0.15) is 0 Å². The van der Waals surface area contributed by atoms with Crippen LogP contribution in [0.25, 0.3) is 0 Å². The lowest BCUT2D eigenvalue weighted by molar-refractivity contribution is 0.0304. The van der Waals surface area contributed by atoms with Crippen molar-refractivity contribution in [1.82, 2.24) is 5.32 Å². The van der Waals surface area contributed by atoms with Gasteiger partial charge in [-0.15, -0.1) is 11.8 Å². The molecule has 1 saturated carbocycles. The highest BCUT2D eigenvalue weighted by Gasteiger charge is 2.12. The van der Waals surface area contributed by atoms with E-state index in [0.717, 1.165) is 26.1 Å². The van der Waals surface area contributed by atoms with Crippen molar-refractivity contribution in [2.75, 3.05) is 19.7 Å². The molecule has 0 aromatic carbocycles. The van der Waals surface area contributed by atoms with Gasteiger partial charge in [-0.1, -0.05) is 19.3 Å². The normalized spacial score (nSPS) is 17.1. The van der Waals surface area contributed by atoms with Gasteiger partial charge in [0.15, 0.2) is 0 Å². The lowest BCUT2D eigenvalue weighted by Crippen LogP contribution is -2.25. The summed E-state index contributed by atoms with van der Waals surface area (Å²) in [6.45, 7) is 4.67. The molecule has 0 bridgehead atoms. The van der Waals surface area contributed by atoms with Crippen molar-refractivity contribution in [3.8, 4) is 11.8 Å². The average Bonchev–Trinajstić information content (AvgIpc) is 2.29. The topological polar surface area (TPSA) is 21.3 Å². The molecule has 1 aliphatic rings. The summed E-state index contributed by atoms with van der Waals surface area (Å²) >= 11 is 0. The molecule has 2 heteroatoms. The van der Waals surface area contributed by atoms with Crippen molar-refractivity contribution in [3.05, 3.63) is 0 Å². The van der Waals surface area contributed by atoms with Crippen molar-refractivity contribution in [3.63, 3.8) is 0 Å². The molecule has 1 fully saturated rings. The first-order valence-corrected chi connectivity index (χ1v) is 6.15. The molecule has 0 spiro atoms. The van der Waals surface area contributed by atoms with Crippen molar-refractivity contribution in [1.29, 1.82) is 0 Å². The highest BCUT2D eigenvalue weighted by molar-refractivity contribution is 4.95. The summed E-state index contributed by atoms with van der Waals surface area (Å²) in [4.78, 5) is 0. The Kier molecular flexibility index (Phi) is 7.33. The number of ether oxygens (including phenoxy) is 1. The molecule has 0 radical (unpaired) electrons. The first kappa shape index (κ1) is 12.5. The molecule has 0 aromatic heterocycles. The van der Waals surface area contributed by atoms with Gasteiger partial charge in [-0.2, -0.15) is 0 Å². The number of hydrogen-bond acceptors (Lipinski definition) is 2. The molecule has 0 amide bonds. The predicted molar refractivity (Wildman–Crippen MR) is 63.8 cm³/mol. The molecule has 0 atom stereocenters. The van der Waals surface area contributed by atoms with E-state index in [1.807, 2.05) is 6.92 Å². The Bertz CT molecular complexity index is 198. The van der Waals surface area contributed by atoms with Crippen LogP contribution in [0, 0.1) is 11.8 Å². The summed E-state index contributed by atoms with van der Waals surface area (Å²) in [5.41, 5.74) is 0. The van der Waals surface area contributed by atoms with E-state index in [4.69, 9.17) is 4.74 Å². The summed E-state index contributed by atoms with van der Waals surface area (Å²) in [5.74, 6) is 5.92. The van der Waals surface area contributed by atoms with Gasteiger partial charge in [0, 0.05) is 19.5 Å². The van der Waals surface area contributed by atoms with Crippen LogP contribution in [-0.2, 0) is 4.74 Å². The third-order valence-corrected chi connectivity index (χ3v) is 2.79. The molecule has 15 heavy (non-hydrogen) atoms. The minimum atomic E-state index is 0.538. The maximum Gasteiger partial charge on any atom is 0.0594 e. The van der Waals surface area contributed by atoms with Crippen LogP contribution >= 0.6 is 0 Å². The van der Waals surface area contributed by atoms with E-state index in [1.54, 1.807) is 0 Å². The highest BCUT2D eigenvalue weighted by atomic mass is 16.5. The van der Waals surface area contributed by atoms with E-state index < -0.39 is 0 Å². The van der Waals surface area contributed by atoms with Crippen molar-refractivity contribution < 1.29 is 4.74 Å². The third-order valence-electron chi connectivity index (χ3n) is 2.79. The highest BCUT2D eigenvalue weighted by Crippen LogP contribution is 2.19. The zero-order valence-electron chi connectivity index (χ0n) is 9.85. The molecule has 1 rings (SSSR count). The molecule has 0 heterocycles. The average molecular weight is 209 g/mol. The Labute approximate surface area is 93.8 Å². The molecule has 0 saturated heterocycles. The van der Waals surface area contributed by atoms with Crippen molar-refractivity contribution in [2.45, 2.75) is 51.6 Å². The SMILES string of the molecule is CC#CCCNCCOC1CCCCC1. The fourth-order valence-corrected chi connectivity index (χ4v) is 1.93. The first-order valence-electron chi connectivity index (χ1n) is 6.15. The fraction of sp³-hybridized carbons (Fsp3) is 0.846. The van der Waals surface area contributed by atoms with Gasteiger partial charge in [0.25, 0.3) is 0 Å². The number of rotatable bonds is 6. The predicted octanol–water partition coefficient (Wildman–Crippen LogP) is 2.34. The molecule has 0 aliphatic heterocycles. The molecule has 1 aliphatic carbocycles. The number of hydrogen-bond donors (Lipinski definition) is 1. The lowest BCUT2D eigenvalue weighted by Gasteiger charge is -2.21. The summed E-state index contributed by atoms with van der Waals surface area (Å²) in [6, 6.07) is 0. The summed E-state index contributed by atoms with van der Waals surface area (Å²) in [5, 5.41) is 3.33. The molecule has 86 valence electrons. The molecular formula is C13H23NO. The van der Waals surface area contributed by atoms with Crippen LogP contribution < -0.4 is 5.32 Å². The van der Waals surface area contributed by atoms with Gasteiger partial charge in [-0.3, -0.25) is 0 Å². The van der Waals surface area contributed by atoms with Crippen LogP contribution in [-0.4, -0.2) is 25.8 Å². The minimum absolute atomic E-state index is 0.538. The van der Waals surface area contributed by atoms with E-state index in [0.29, 0.717) is 6.10 Å². The quantitative estimate of drug-likeness (QED) is 0.535. The fourth-order valence-electron chi connectivity index (χ4n) is 1.93. The van der Waals surface area contributed by atoms with E-state index in [2.05, 4.69) is 17.2 Å². The van der Waals surface area contributed by atoms with Crippen LogP contribution in [0.3, 0.4) is 0 Å². The van der Waals surface area contributed by atoms with Crippen molar-refractivity contribution in [2.24, 2.45) is 0 Å². The Morgan fingerprint density at radius 2 is 2.00 bits per heavy atom. The van der Waals surface area contributed by atoms with Gasteiger partial charge in [-0.25, -0.2) is 0 Å². The zero-order valence-corrected chi connectivity index (χ0v) is 9.85. The second kappa shape index (κ2) is 8.76. The van der Waals surface area contributed by atoms with E-state index in [1.165, 1.54) is 32.1 Å². The van der Waals surface area contributed by atoms with Gasteiger partial charge >= 0.3 is 0 Å². The van der Waals surface area contributed by atoms with Gasteiger partial charge in [-0.05, 0) is 19.8 Å². The molecule has 0 aromatic rings. The van der Waals surface area contributed by atoms with Crippen LogP contribution in [0.1, 0.15) is 45.4 Å².